The Hall–Kier alpha value is -1.27. The van der Waals surface area contributed by atoms with Crippen molar-refractivity contribution in [2.24, 2.45) is 0 Å². The monoisotopic (exact) mass is 160 g/mol. The van der Waals surface area contributed by atoms with Crippen molar-refractivity contribution in [3.8, 4) is 0 Å². The maximum atomic E-state index is 11.0. The van der Waals surface area contributed by atoms with Crippen molar-refractivity contribution in [3.05, 3.63) is 22.5 Å². The first kappa shape index (κ1) is 7.83. The van der Waals surface area contributed by atoms with Gasteiger partial charge in [0.25, 0.3) is 6.20 Å². The highest BCUT2D eigenvalue weighted by Crippen LogP contribution is 1.92. The summed E-state index contributed by atoms with van der Waals surface area (Å²) in [5, 5.41) is 21.2. The molecule has 6 nitrogen and oxygen atoms in total. The number of ether oxygens (including phenoxy) is 2. The molecular weight excluding hydrogens is 152 g/mol. The molecule has 0 aromatic heterocycles. The Morgan fingerprint density at radius 2 is 2.09 bits per heavy atom. The SMILES string of the molecule is COC1=C[N+]([O-])=C(OC)[NH+]1[O-]. The Morgan fingerprint density at radius 1 is 1.45 bits per heavy atom. The van der Waals surface area contributed by atoms with Crippen molar-refractivity contribution in [2.45, 2.75) is 0 Å². The maximum Gasteiger partial charge on any atom is 0.569 e. The van der Waals surface area contributed by atoms with Gasteiger partial charge in [0.1, 0.15) is 0 Å². The molecule has 1 N–H and O–H groups in total. The molecular formula is C5H8N2O4. The molecule has 0 bridgehead atoms. The fourth-order valence-electron chi connectivity index (χ4n) is 0.757. The van der Waals surface area contributed by atoms with E-state index in [0.717, 1.165) is 6.20 Å². The van der Waals surface area contributed by atoms with Gasteiger partial charge >= 0.3 is 11.9 Å². The maximum absolute atomic E-state index is 11.0. The summed E-state index contributed by atoms with van der Waals surface area (Å²) in [4.78, 5) is 0. The molecule has 11 heavy (non-hydrogen) atoms. The first-order valence-electron chi connectivity index (χ1n) is 2.88. The minimum absolute atomic E-state index is 0.00292. The van der Waals surface area contributed by atoms with Gasteiger partial charge in [-0.3, -0.25) is 0 Å². The van der Waals surface area contributed by atoms with E-state index in [2.05, 4.69) is 9.47 Å². The quantitative estimate of drug-likeness (QED) is 0.368. The van der Waals surface area contributed by atoms with Crippen LogP contribution in [0.2, 0.25) is 0 Å². The van der Waals surface area contributed by atoms with Gasteiger partial charge in [-0.25, -0.2) is 0 Å². The summed E-state index contributed by atoms with van der Waals surface area (Å²) in [7, 11) is 2.57. The number of amidine groups is 1. The van der Waals surface area contributed by atoms with E-state index in [1.807, 2.05) is 0 Å². The predicted molar refractivity (Wildman–Crippen MR) is 35.1 cm³/mol. The van der Waals surface area contributed by atoms with Gasteiger partial charge in [0.2, 0.25) is 0 Å². The standard InChI is InChI=1S/C5H8N2O4/c1-10-4-3-6(8)5(11-2)7(4)9/h3,7H,1-2H3. The molecule has 0 aromatic rings. The summed E-state index contributed by atoms with van der Waals surface area (Å²) in [5.74, 6) is -0.00292. The molecule has 0 aliphatic carbocycles. The number of nitrogens with zero attached hydrogens (tertiary/aromatic N) is 1. The number of rotatable bonds is 1. The van der Waals surface area contributed by atoms with Crippen LogP contribution < -0.4 is 5.06 Å². The molecule has 0 saturated carbocycles. The van der Waals surface area contributed by atoms with Crippen molar-refractivity contribution >= 4 is 6.02 Å². The van der Waals surface area contributed by atoms with Crippen molar-refractivity contribution in [1.82, 2.24) is 0 Å². The molecule has 1 aliphatic heterocycles. The number of hydroxylamine groups is 3. The zero-order valence-corrected chi connectivity index (χ0v) is 6.16. The van der Waals surface area contributed by atoms with Gasteiger partial charge in [0.15, 0.2) is 0 Å². The molecule has 62 valence electrons. The Morgan fingerprint density at radius 3 is 2.36 bits per heavy atom. The van der Waals surface area contributed by atoms with E-state index in [1.165, 1.54) is 14.2 Å². The van der Waals surface area contributed by atoms with Crippen LogP contribution in [0.15, 0.2) is 12.1 Å². The van der Waals surface area contributed by atoms with Crippen molar-refractivity contribution in [2.75, 3.05) is 14.2 Å². The van der Waals surface area contributed by atoms with Gasteiger partial charge in [-0.05, 0) is 0 Å². The highest BCUT2D eigenvalue weighted by atomic mass is 16.7. The zero-order chi connectivity index (χ0) is 8.43. The third-order valence-electron chi connectivity index (χ3n) is 1.27. The molecule has 0 spiro atoms. The highest BCUT2D eigenvalue weighted by Gasteiger charge is 2.33. The second kappa shape index (κ2) is 2.77. The van der Waals surface area contributed by atoms with Crippen molar-refractivity contribution < 1.29 is 19.3 Å². The second-order valence-electron chi connectivity index (χ2n) is 1.86. The van der Waals surface area contributed by atoms with E-state index in [9.17, 15) is 10.4 Å². The molecule has 0 fully saturated rings. The Balaban J connectivity index is 2.82. The first-order valence-corrected chi connectivity index (χ1v) is 2.88. The Labute approximate surface area is 63.1 Å². The van der Waals surface area contributed by atoms with Crippen LogP contribution in [0, 0.1) is 10.4 Å². The van der Waals surface area contributed by atoms with Crippen LogP contribution in [0.3, 0.4) is 0 Å². The zero-order valence-electron chi connectivity index (χ0n) is 6.16. The molecule has 0 radical (unpaired) electrons. The Kier molecular flexibility index (Phi) is 1.97. The summed E-state index contributed by atoms with van der Waals surface area (Å²) in [5.41, 5.74) is 0. The molecule has 0 amide bonds. The molecule has 1 aliphatic rings. The smallest absolute Gasteiger partial charge is 0.569 e. The van der Waals surface area contributed by atoms with Crippen LogP contribution in [0.25, 0.3) is 0 Å². The lowest BCUT2D eigenvalue weighted by atomic mass is 10.8. The summed E-state index contributed by atoms with van der Waals surface area (Å²) < 4.78 is 9.45. The van der Waals surface area contributed by atoms with Gasteiger partial charge in [0.05, 0.1) is 14.2 Å². The fraction of sp³-hybridized carbons (Fsp3) is 0.400. The highest BCUT2D eigenvalue weighted by molar-refractivity contribution is 5.60. The number of nitrogens with one attached hydrogen (secondary N) is 1. The number of hydrogen-bond acceptors (Lipinski definition) is 4. The van der Waals surface area contributed by atoms with Crippen LogP contribution in [0.4, 0.5) is 0 Å². The average molecular weight is 160 g/mol. The lowest BCUT2D eigenvalue weighted by Gasteiger charge is -2.11. The van der Waals surface area contributed by atoms with Gasteiger partial charge in [0, 0.05) is 0 Å². The van der Waals surface area contributed by atoms with Crippen LogP contribution in [-0.2, 0) is 9.47 Å². The first-order chi connectivity index (χ1) is 5.20. The normalized spacial score (nSPS) is 23.5. The molecule has 1 heterocycles. The van der Waals surface area contributed by atoms with Gasteiger partial charge in [-0.2, -0.15) is 5.06 Å². The minimum atomic E-state index is -0.523. The molecule has 0 aromatic carbocycles. The molecule has 0 saturated heterocycles. The van der Waals surface area contributed by atoms with Crippen LogP contribution >= 0.6 is 0 Å². The van der Waals surface area contributed by atoms with Crippen molar-refractivity contribution in [3.63, 3.8) is 0 Å². The second-order valence-corrected chi connectivity index (χ2v) is 1.86. The summed E-state index contributed by atoms with van der Waals surface area (Å²) >= 11 is 0. The molecule has 1 rings (SSSR count). The van der Waals surface area contributed by atoms with Gasteiger partial charge < -0.3 is 19.9 Å². The summed E-state index contributed by atoms with van der Waals surface area (Å²) in [6.07, 6.45) is 1.03. The third-order valence-corrected chi connectivity index (χ3v) is 1.27. The third kappa shape index (κ3) is 1.13. The van der Waals surface area contributed by atoms with Gasteiger partial charge in [-0.15, -0.1) is 0 Å². The van der Waals surface area contributed by atoms with E-state index >= 15 is 0 Å². The van der Waals surface area contributed by atoms with Crippen LogP contribution in [0.5, 0.6) is 0 Å². The fourth-order valence-corrected chi connectivity index (χ4v) is 0.757. The topological polar surface area (TPSA) is 72.0 Å². The van der Waals surface area contributed by atoms with E-state index in [0.29, 0.717) is 4.74 Å². The molecule has 1 atom stereocenters. The van der Waals surface area contributed by atoms with Crippen LogP contribution in [-0.4, -0.2) is 25.0 Å². The molecule has 6 heteroatoms. The van der Waals surface area contributed by atoms with E-state index in [4.69, 9.17) is 0 Å². The Bertz CT molecular complexity index is 223. The number of quaternary nitrogens is 1. The largest absolute Gasteiger partial charge is 0.614 e. The van der Waals surface area contributed by atoms with Crippen molar-refractivity contribution in [1.29, 1.82) is 0 Å². The number of hydrogen-bond donors (Lipinski definition) is 1. The average Bonchev–Trinajstić information content (AvgIpc) is 2.26. The van der Waals surface area contributed by atoms with E-state index in [-0.39, 0.29) is 11.9 Å². The van der Waals surface area contributed by atoms with E-state index < -0.39 is 5.06 Å². The molecule has 1 unspecified atom stereocenters. The minimum Gasteiger partial charge on any atom is -0.614 e. The van der Waals surface area contributed by atoms with Crippen LogP contribution in [0.1, 0.15) is 0 Å². The predicted octanol–water partition coefficient (Wildman–Crippen LogP) is -1.66. The lowest BCUT2D eigenvalue weighted by molar-refractivity contribution is -0.744. The summed E-state index contributed by atoms with van der Waals surface area (Å²) in [6, 6.07) is -0.262. The lowest BCUT2D eigenvalue weighted by Crippen LogP contribution is -3.08. The summed E-state index contributed by atoms with van der Waals surface area (Å²) in [6.45, 7) is 0. The van der Waals surface area contributed by atoms with E-state index in [1.54, 1.807) is 0 Å². The van der Waals surface area contributed by atoms with Gasteiger partial charge in [-0.1, -0.05) is 4.74 Å². The number of methoxy groups -OCH3 is 2.